The van der Waals surface area contributed by atoms with E-state index in [0.717, 1.165) is 25.7 Å². The number of ether oxygens (including phenoxy) is 5. The third-order valence-corrected chi connectivity index (χ3v) is 9.17. The molecule has 3 saturated heterocycles. The van der Waals surface area contributed by atoms with Gasteiger partial charge in [0.1, 0.15) is 24.4 Å². The molecule has 3 heterocycles. The van der Waals surface area contributed by atoms with Gasteiger partial charge in [0.05, 0.1) is 24.0 Å². The van der Waals surface area contributed by atoms with Gasteiger partial charge in [0.15, 0.2) is 0 Å². The maximum atomic E-state index is 13.7. The number of hydrogen-bond donors (Lipinski definition) is 0. The molecule has 5 aliphatic rings. The molecule has 8 atom stereocenters. The van der Waals surface area contributed by atoms with Gasteiger partial charge in [-0.05, 0) is 37.5 Å². The quantitative estimate of drug-likeness (QED) is 0.366. The number of epoxide rings is 1. The second-order valence-electron chi connectivity index (χ2n) is 10.6. The van der Waals surface area contributed by atoms with E-state index in [-0.39, 0.29) is 48.4 Å². The third kappa shape index (κ3) is 3.05. The smallest absolute Gasteiger partial charge is 0.313 e. The fraction of sp³-hybridized carbons (Fsp3) is 0.875. The van der Waals surface area contributed by atoms with Crippen molar-refractivity contribution in [3.05, 3.63) is 0 Å². The van der Waals surface area contributed by atoms with E-state index in [1.807, 2.05) is 0 Å². The van der Waals surface area contributed by atoms with E-state index in [9.17, 15) is 14.4 Å². The molecule has 0 aromatic heterocycles. The van der Waals surface area contributed by atoms with Crippen LogP contribution in [0.15, 0.2) is 0 Å². The monoisotopic (exact) mass is 450 g/mol. The molecule has 0 N–H and O–H groups in total. The normalized spacial score (nSPS) is 47.2. The molecule has 0 bridgehead atoms. The summed E-state index contributed by atoms with van der Waals surface area (Å²) in [5.41, 5.74) is -1.99. The van der Waals surface area contributed by atoms with Gasteiger partial charge in [0.25, 0.3) is 0 Å². The summed E-state index contributed by atoms with van der Waals surface area (Å²) in [4.78, 5) is 37.7. The fourth-order valence-corrected chi connectivity index (χ4v) is 7.62. The maximum absolute atomic E-state index is 13.7. The van der Waals surface area contributed by atoms with Crippen molar-refractivity contribution in [2.24, 2.45) is 28.6 Å². The van der Waals surface area contributed by atoms with Crippen molar-refractivity contribution in [1.29, 1.82) is 0 Å². The zero-order valence-electron chi connectivity index (χ0n) is 19.2. The van der Waals surface area contributed by atoms with Crippen LogP contribution < -0.4 is 0 Å². The molecular formula is C24H34O8. The van der Waals surface area contributed by atoms with E-state index >= 15 is 0 Å². The maximum Gasteiger partial charge on any atom is 0.313 e. The molecule has 2 spiro atoms. The highest BCUT2D eigenvalue weighted by Gasteiger charge is 2.78. The van der Waals surface area contributed by atoms with E-state index in [1.54, 1.807) is 0 Å². The van der Waals surface area contributed by atoms with Crippen molar-refractivity contribution in [3.8, 4) is 0 Å². The summed E-state index contributed by atoms with van der Waals surface area (Å²) < 4.78 is 29.3. The molecule has 0 radical (unpaired) electrons. The van der Waals surface area contributed by atoms with Crippen LogP contribution in [0.5, 0.6) is 0 Å². The van der Waals surface area contributed by atoms with Gasteiger partial charge in [-0.2, -0.15) is 0 Å². The van der Waals surface area contributed by atoms with Crippen molar-refractivity contribution in [2.75, 3.05) is 26.4 Å². The summed E-state index contributed by atoms with van der Waals surface area (Å²) in [5, 5.41) is 0. The Hall–Kier alpha value is -1.67. The Morgan fingerprint density at radius 3 is 2.59 bits per heavy atom. The van der Waals surface area contributed by atoms with Crippen molar-refractivity contribution in [1.82, 2.24) is 0 Å². The minimum atomic E-state index is -0.755. The van der Waals surface area contributed by atoms with Gasteiger partial charge >= 0.3 is 17.9 Å². The molecule has 2 saturated carbocycles. The van der Waals surface area contributed by atoms with Crippen LogP contribution in [0.4, 0.5) is 0 Å². The van der Waals surface area contributed by atoms with E-state index < -0.39 is 22.5 Å². The lowest BCUT2D eigenvalue weighted by Gasteiger charge is -2.61. The molecule has 3 aliphatic heterocycles. The summed E-state index contributed by atoms with van der Waals surface area (Å²) in [5.74, 6) is -0.874. The van der Waals surface area contributed by atoms with Gasteiger partial charge < -0.3 is 23.7 Å². The van der Waals surface area contributed by atoms with Crippen LogP contribution in [-0.2, 0) is 38.1 Å². The molecule has 0 amide bonds. The Balaban J connectivity index is 1.59. The average Bonchev–Trinajstić information content (AvgIpc) is 3.16. The molecule has 178 valence electrons. The predicted octanol–water partition coefficient (Wildman–Crippen LogP) is 2.41. The van der Waals surface area contributed by atoms with Gasteiger partial charge in [-0.1, -0.05) is 13.3 Å². The van der Waals surface area contributed by atoms with Gasteiger partial charge in [-0.15, -0.1) is 0 Å². The molecular weight excluding hydrogens is 416 g/mol. The second-order valence-corrected chi connectivity index (χ2v) is 10.6. The largest absolute Gasteiger partial charge is 0.465 e. The number of carbonyl (C=O) groups is 3. The highest BCUT2D eigenvalue weighted by atomic mass is 16.6. The molecule has 0 aromatic rings. The van der Waals surface area contributed by atoms with Crippen LogP contribution in [0.3, 0.4) is 0 Å². The number of fused-ring (bicyclic) bond motifs is 3. The van der Waals surface area contributed by atoms with E-state index in [1.165, 1.54) is 13.8 Å². The SMILES string of the molecule is CC(=O)OC[C@@]12[C@@H](OC(C)=O)C[C@@H](C)[C@]3(C[C@H]([C@H]4CCOC4)OC3=O)[C@H]1CCC[C@]21CO1. The Bertz CT molecular complexity index is 800. The topological polar surface area (TPSA) is 101 Å². The molecule has 0 unspecified atom stereocenters. The zero-order valence-corrected chi connectivity index (χ0v) is 19.2. The van der Waals surface area contributed by atoms with Crippen molar-refractivity contribution in [3.63, 3.8) is 0 Å². The fourth-order valence-electron chi connectivity index (χ4n) is 7.62. The van der Waals surface area contributed by atoms with Gasteiger partial charge in [0.2, 0.25) is 0 Å². The lowest BCUT2D eigenvalue weighted by atomic mass is 9.42. The summed E-state index contributed by atoms with van der Waals surface area (Å²) in [6.07, 6.45) is 3.92. The van der Waals surface area contributed by atoms with E-state index in [0.29, 0.717) is 32.7 Å². The second kappa shape index (κ2) is 7.69. The standard InChI is InChI=1S/C24H34O8/c1-14-9-20(31-16(3)26)24(13-29-15(2)25)19(5-4-7-22(24)12-30-22)23(14)10-18(32-21(23)27)17-6-8-28-11-17/h14,17-20H,4-13H2,1-3H3/t14-,17+,18-,19-,20+,22+,23-,24+/m1/s1. The number of cyclic esters (lactones) is 1. The molecule has 8 heteroatoms. The highest BCUT2D eigenvalue weighted by molar-refractivity contribution is 5.81. The first-order valence-corrected chi connectivity index (χ1v) is 12.0. The summed E-state index contributed by atoms with van der Waals surface area (Å²) in [7, 11) is 0. The zero-order chi connectivity index (χ0) is 22.7. The molecule has 8 nitrogen and oxygen atoms in total. The number of carbonyl (C=O) groups excluding carboxylic acids is 3. The van der Waals surface area contributed by atoms with Gasteiger partial charge in [-0.25, -0.2) is 0 Å². The van der Waals surface area contributed by atoms with Crippen molar-refractivity contribution >= 4 is 17.9 Å². The van der Waals surface area contributed by atoms with Crippen LogP contribution >= 0.6 is 0 Å². The minimum Gasteiger partial charge on any atom is -0.465 e. The Kier molecular flexibility index (Phi) is 5.32. The van der Waals surface area contributed by atoms with Crippen LogP contribution in [0.25, 0.3) is 0 Å². The average molecular weight is 451 g/mol. The summed E-state index contributed by atoms with van der Waals surface area (Å²) >= 11 is 0. The van der Waals surface area contributed by atoms with Gasteiger partial charge in [0, 0.05) is 32.8 Å². The van der Waals surface area contributed by atoms with Crippen LogP contribution in [0, 0.1) is 28.6 Å². The lowest BCUT2D eigenvalue weighted by molar-refractivity contribution is -0.228. The van der Waals surface area contributed by atoms with Crippen molar-refractivity contribution in [2.45, 2.75) is 77.1 Å². The Morgan fingerprint density at radius 2 is 1.97 bits per heavy atom. The molecule has 5 rings (SSSR count). The Morgan fingerprint density at radius 1 is 1.19 bits per heavy atom. The van der Waals surface area contributed by atoms with Crippen LogP contribution in [-0.4, -0.2) is 62.1 Å². The van der Waals surface area contributed by atoms with E-state index in [2.05, 4.69) is 6.92 Å². The first kappa shape index (κ1) is 22.1. The third-order valence-electron chi connectivity index (χ3n) is 9.17. The number of rotatable bonds is 4. The molecule has 32 heavy (non-hydrogen) atoms. The highest BCUT2D eigenvalue weighted by Crippen LogP contribution is 2.70. The lowest BCUT2D eigenvalue weighted by Crippen LogP contribution is -2.68. The molecule has 5 fully saturated rings. The molecule has 2 aliphatic carbocycles. The predicted molar refractivity (Wildman–Crippen MR) is 110 cm³/mol. The van der Waals surface area contributed by atoms with Gasteiger partial charge in [-0.3, -0.25) is 14.4 Å². The molecule has 0 aromatic carbocycles. The first-order valence-electron chi connectivity index (χ1n) is 12.0. The first-order chi connectivity index (χ1) is 15.2. The van der Waals surface area contributed by atoms with Crippen LogP contribution in [0.1, 0.15) is 59.3 Å². The summed E-state index contributed by atoms with van der Waals surface area (Å²) in [6.45, 7) is 6.81. The minimum absolute atomic E-state index is 0.0315. The van der Waals surface area contributed by atoms with E-state index in [4.69, 9.17) is 23.7 Å². The van der Waals surface area contributed by atoms with Crippen molar-refractivity contribution < 1.29 is 38.1 Å². The number of esters is 3. The number of hydrogen-bond acceptors (Lipinski definition) is 8. The van der Waals surface area contributed by atoms with Crippen LogP contribution in [0.2, 0.25) is 0 Å². The summed E-state index contributed by atoms with van der Waals surface area (Å²) in [6, 6.07) is 0. The Labute approximate surface area is 188 Å².